The molecule has 0 radical (unpaired) electrons. The molecule has 0 fully saturated rings. The molecule has 0 heterocycles. The summed E-state index contributed by atoms with van der Waals surface area (Å²) in [6, 6.07) is 7.55. The normalized spacial score (nSPS) is 10.3. The molecule has 0 aromatic heterocycles. The highest BCUT2D eigenvalue weighted by atomic mass is 16.4. The Balaban J connectivity index is 2.76. The van der Waals surface area contributed by atoms with Gasteiger partial charge in [0.25, 0.3) is 0 Å². The van der Waals surface area contributed by atoms with E-state index in [1.165, 1.54) is 6.21 Å². The summed E-state index contributed by atoms with van der Waals surface area (Å²) in [7, 11) is 3.95. The summed E-state index contributed by atoms with van der Waals surface area (Å²) in [6.07, 6.45) is 1.39. The van der Waals surface area contributed by atoms with Crippen LogP contribution in [-0.4, -0.2) is 37.0 Å². The molecule has 1 aromatic carbocycles. The van der Waals surface area contributed by atoms with E-state index in [4.69, 9.17) is 5.21 Å². The molecule has 0 spiro atoms. The second-order valence-electron chi connectivity index (χ2n) is 3.41. The maximum Gasteiger partial charge on any atom is 0.0734 e. The molecule has 78 valence electrons. The second-order valence-corrected chi connectivity index (χ2v) is 3.41. The van der Waals surface area contributed by atoms with Gasteiger partial charge in [0.05, 0.1) is 12.8 Å². The Kier molecular flexibility index (Phi) is 4.39. The fourth-order valence-corrected chi connectivity index (χ4v) is 1.06. The largest absolute Gasteiger partial charge is 0.411 e. The van der Waals surface area contributed by atoms with Crippen LogP contribution in [0.5, 0.6) is 0 Å². The topological polar surface area (TPSA) is 35.8 Å². The molecule has 0 amide bonds. The molecule has 1 N–H and O–H groups in total. The summed E-state index contributed by atoms with van der Waals surface area (Å²) in [6.45, 7) is 0.734. The maximum atomic E-state index is 8.39. The van der Waals surface area contributed by atoms with Crippen molar-refractivity contribution >= 4 is 6.21 Å². The first-order valence-electron chi connectivity index (χ1n) is 4.63. The number of hydrogen-bond acceptors (Lipinski definition) is 3. The Hall–Kier alpha value is -1.79. The number of hydrogen-bond donors (Lipinski definition) is 1. The fourth-order valence-electron chi connectivity index (χ4n) is 1.06. The van der Waals surface area contributed by atoms with Crippen molar-refractivity contribution in [2.75, 3.05) is 20.6 Å². The van der Waals surface area contributed by atoms with E-state index >= 15 is 0 Å². The zero-order valence-electron chi connectivity index (χ0n) is 8.94. The van der Waals surface area contributed by atoms with E-state index in [0.717, 1.165) is 17.7 Å². The minimum absolute atomic E-state index is 0.734. The molecule has 1 rings (SSSR count). The van der Waals surface area contributed by atoms with Crippen molar-refractivity contribution in [3.05, 3.63) is 35.4 Å². The summed E-state index contributed by atoms with van der Waals surface area (Å²) in [5.74, 6) is 6.08. The standard InChI is InChI=1S/C12H14N2O/c1-14(2)8-4-7-11-5-3-6-12(9-11)10-13-15/h3,5-6,9-10,15H,8H2,1-2H3. The molecular weight excluding hydrogens is 188 g/mol. The second kappa shape index (κ2) is 5.84. The molecule has 0 unspecified atom stereocenters. The molecular formula is C12H14N2O. The van der Waals surface area contributed by atoms with Gasteiger partial charge >= 0.3 is 0 Å². The highest BCUT2D eigenvalue weighted by Crippen LogP contribution is 2.01. The van der Waals surface area contributed by atoms with Crippen LogP contribution >= 0.6 is 0 Å². The van der Waals surface area contributed by atoms with Crippen molar-refractivity contribution in [3.8, 4) is 11.8 Å². The van der Waals surface area contributed by atoms with Gasteiger partial charge in [0.1, 0.15) is 0 Å². The van der Waals surface area contributed by atoms with Crippen molar-refractivity contribution in [1.29, 1.82) is 0 Å². The van der Waals surface area contributed by atoms with Gasteiger partial charge in [-0.25, -0.2) is 0 Å². The van der Waals surface area contributed by atoms with Crippen molar-refractivity contribution in [2.45, 2.75) is 0 Å². The van der Waals surface area contributed by atoms with Gasteiger partial charge in [0.2, 0.25) is 0 Å². The van der Waals surface area contributed by atoms with Crippen LogP contribution in [0.3, 0.4) is 0 Å². The molecule has 15 heavy (non-hydrogen) atoms. The lowest BCUT2D eigenvalue weighted by Crippen LogP contribution is -2.10. The molecule has 1 aromatic rings. The molecule has 0 saturated heterocycles. The van der Waals surface area contributed by atoms with Gasteiger partial charge in [-0.15, -0.1) is 0 Å². The van der Waals surface area contributed by atoms with Crippen LogP contribution < -0.4 is 0 Å². The Bertz CT molecular complexity index is 400. The van der Waals surface area contributed by atoms with E-state index in [2.05, 4.69) is 17.0 Å². The van der Waals surface area contributed by atoms with Gasteiger partial charge < -0.3 is 5.21 Å². The SMILES string of the molecule is CN(C)CC#Cc1cccc(C=NO)c1. The molecule has 0 aliphatic rings. The van der Waals surface area contributed by atoms with Crippen LogP contribution in [0.2, 0.25) is 0 Å². The number of nitrogens with zero attached hydrogens (tertiary/aromatic N) is 2. The molecule has 3 heteroatoms. The van der Waals surface area contributed by atoms with Gasteiger partial charge in [-0.2, -0.15) is 0 Å². The summed E-state index contributed by atoms with van der Waals surface area (Å²) < 4.78 is 0. The molecule has 0 atom stereocenters. The Morgan fingerprint density at radius 1 is 1.47 bits per heavy atom. The smallest absolute Gasteiger partial charge is 0.0734 e. The Labute approximate surface area is 90.0 Å². The highest BCUT2D eigenvalue weighted by molar-refractivity contribution is 5.79. The molecule has 0 aliphatic carbocycles. The third-order valence-corrected chi connectivity index (χ3v) is 1.72. The zero-order valence-corrected chi connectivity index (χ0v) is 8.94. The summed E-state index contributed by atoms with van der Waals surface area (Å²) in [5, 5.41) is 11.4. The van der Waals surface area contributed by atoms with Crippen LogP contribution in [0.1, 0.15) is 11.1 Å². The predicted octanol–water partition coefficient (Wildman–Crippen LogP) is 1.41. The minimum Gasteiger partial charge on any atom is -0.411 e. The van der Waals surface area contributed by atoms with Gasteiger partial charge in [0.15, 0.2) is 0 Å². The van der Waals surface area contributed by atoms with Gasteiger partial charge in [-0.3, -0.25) is 4.90 Å². The summed E-state index contributed by atoms with van der Waals surface area (Å²) >= 11 is 0. The van der Waals surface area contributed by atoms with Gasteiger partial charge in [-0.1, -0.05) is 29.1 Å². The van der Waals surface area contributed by atoms with E-state index in [1.807, 2.05) is 43.3 Å². The van der Waals surface area contributed by atoms with E-state index in [-0.39, 0.29) is 0 Å². The Morgan fingerprint density at radius 3 is 2.93 bits per heavy atom. The Morgan fingerprint density at radius 2 is 2.27 bits per heavy atom. The van der Waals surface area contributed by atoms with Gasteiger partial charge in [-0.05, 0) is 31.8 Å². The quantitative estimate of drug-likeness (QED) is 0.340. The maximum absolute atomic E-state index is 8.39. The third-order valence-electron chi connectivity index (χ3n) is 1.72. The van der Waals surface area contributed by atoms with Crippen LogP contribution in [0.15, 0.2) is 29.4 Å². The van der Waals surface area contributed by atoms with E-state index in [0.29, 0.717) is 0 Å². The number of rotatable bonds is 2. The fraction of sp³-hybridized carbons (Fsp3) is 0.250. The van der Waals surface area contributed by atoms with E-state index in [1.54, 1.807) is 0 Å². The predicted molar refractivity (Wildman–Crippen MR) is 61.3 cm³/mol. The molecule has 0 aliphatic heterocycles. The monoisotopic (exact) mass is 202 g/mol. The van der Waals surface area contributed by atoms with Crippen LogP contribution in [-0.2, 0) is 0 Å². The number of benzene rings is 1. The third kappa shape index (κ3) is 4.30. The molecule has 3 nitrogen and oxygen atoms in total. The average molecular weight is 202 g/mol. The zero-order chi connectivity index (χ0) is 11.1. The first kappa shape index (κ1) is 11.3. The first-order chi connectivity index (χ1) is 7.22. The highest BCUT2D eigenvalue weighted by Gasteiger charge is 1.90. The van der Waals surface area contributed by atoms with E-state index < -0.39 is 0 Å². The van der Waals surface area contributed by atoms with E-state index in [9.17, 15) is 0 Å². The lowest BCUT2D eigenvalue weighted by molar-refractivity contribution is 0.322. The van der Waals surface area contributed by atoms with Crippen LogP contribution in [0, 0.1) is 11.8 Å². The van der Waals surface area contributed by atoms with Crippen molar-refractivity contribution in [2.24, 2.45) is 5.16 Å². The van der Waals surface area contributed by atoms with Crippen LogP contribution in [0.4, 0.5) is 0 Å². The first-order valence-corrected chi connectivity index (χ1v) is 4.63. The lowest BCUT2D eigenvalue weighted by Gasteiger charge is -2.00. The number of oxime groups is 1. The molecule has 0 saturated carbocycles. The molecule has 0 bridgehead atoms. The summed E-state index contributed by atoms with van der Waals surface area (Å²) in [5.41, 5.74) is 1.77. The van der Waals surface area contributed by atoms with Crippen molar-refractivity contribution < 1.29 is 5.21 Å². The van der Waals surface area contributed by atoms with Crippen molar-refractivity contribution in [3.63, 3.8) is 0 Å². The lowest BCUT2D eigenvalue weighted by atomic mass is 10.1. The average Bonchev–Trinajstić information content (AvgIpc) is 2.18. The van der Waals surface area contributed by atoms with Crippen LogP contribution in [0.25, 0.3) is 0 Å². The van der Waals surface area contributed by atoms with Crippen molar-refractivity contribution in [1.82, 2.24) is 4.90 Å². The summed E-state index contributed by atoms with van der Waals surface area (Å²) in [4.78, 5) is 2.01. The van der Waals surface area contributed by atoms with Gasteiger partial charge in [0, 0.05) is 5.56 Å². The minimum atomic E-state index is 0.734.